The molecule has 1 rings (SSSR count). The van der Waals surface area contributed by atoms with Gasteiger partial charge in [-0.25, -0.2) is 4.68 Å². The van der Waals surface area contributed by atoms with E-state index in [9.17, 15) is 4.79 Å². The second-order valence-corrected chi connectivity index (χ2v) is 3.62. The van der Waals surface area contributed by atoms with Crippen molar-refractivity contribution < 1.29 is 9.90 Å². The first-order chi connectivity index (χ1) is 6.60. The third-order valence-corrected chi connectivity index (χ3v) is 1.91. The Bertz CT molecular complexity index is 308. The molecule has 6 heteroatoms. The van der Waals surface area contributed by atoms with Crippen LogP contribution in [-0.4, -0.2) is 33.1 Å². The van der Waals surface area contributed by atoms with Crippen LogP contribution in [0.25, 0.3) is 0 Å². The maximum Gasteiger partial charge on any atom is 0.207 e. The van der Waals surface area contributed by atoms with Gasteiger partial charge in [-0.2, -0.15) is 0 Å². The van der Waals surface area contributed by atoms with Crippen molar-refractivity contribution in [1.82, 2.24) is 20.3 Å². The summed E-state index contributed by atoms with van der Waals surface area (Å²) in [6.45, 7) is 4.03. The Morgan fingerprint density at radius 1 is 1.71 bits per heavy atom. The van der Waals surface area contributed by atoms with Gasteiger partial charge in [0.15, 0.2) is 0 Å². The van der Waals surface area contributed by atoms with E-state index in [1.165, 1.54) is 0 Å². The van der Waals surface area contributed by atoms with Crippen LogP contribution in [0, 0.1) is 0 Å². The van der Waals surface area contributed by atoms with Crippen molar-refractivity contribution in [3.05, 3.63) is 11.9 Å². The van der Waals surface area contributed by atoms with Gasteiger partial charge in [0, 0.05) is 0 Å². The van der Waals surface area contributed by atoms with E-state index in [4.69, 9.17) is 5.11 Å². The number of aliphatic hydroxyl groups is 1. The van der Waals surface area contributed by atoms with Crippen LogP contribution in [0.4, 0.5) is 0 Å². The number of nitrogens with zero attached hydrogens (tertiary/aromatic N) is 3. The maximum atomic E-state index is 10.0. The molecule has 1 heterocycles. The Morgan fingerprint density at radius 2 is 2.43 bits per heavy atom. The van der Waals surface area contributed by atoms with Crippen molar-refractivity contribution in [2.45, 2.75) is 25.9 Å². The van der Waals surface area contributed by atoms with Crippen LogP contribution >= 0.6 is 0 Å². The van der Waals surface area contributed by atoms with Crippen LogP contribution in [-0.2, 0) is 16.9 Å². The molecule has 1 aromatic rings. The Balaban J connectivity index is 2.72. The average Bonchev–Trinajstić information content (AvgIpc) is 2.63. The zero-order chi connectivity index (χ0) is 10.6. The van der Waals surface area contributed by atoms with Gasteiger partial charge in [-0.3, -0.25) is 4.79 Å². The number of aromatic nitrogens is 3. The third-order valence-electron chi connectivity index (χ3n) is 1.91. The van der Waals surface area contributed by atoms with Gasteiger partial charge in [-0.15, -0.1) is 5.10 Å². The molecule has 14 heavy (non-hydrogen) atoms. The molecule has 6 nitrogen and oxygen atoms in total. The minimum atomic E-state index is -0.466. The minimum absolute atomic E-state index is 0.0170. The molecule has 1 aromatic heterocycles. The summed E-state index contributed by atoms with van der Waals surface area (Å²) in [5.41, 5.74) is 0.200. The zero-order valence-corrected chi connectivity index (χ0v) is 8.27. The first-order valence-electron chi connectivity index (χ1n) is 4.30. The fraction of sp³-hybridized carbons (Fsp3) is 0.625. The van der Waals surface area contributed by atoms with Crippen molar-refractivity contribution in [3.8, 4) is 0 Å². The molecule has 0 aliphatic rings. The van der Waals surface area contributed by atoms with Crippen LogP contribution in [0.2, 0.25) is 0 Å². The molecule has 0 bridgehead atoms. The highest BCUT2D eigenvalue weighted by molar-refractivity contribution is 5.45. The van der Waals surface area contributed by atoms with Crippen LogP contribution in [0.1, 0.15) is 19.5 Å². The highest BCUT2D eigenvalue weighted by Crippen LogP contribution is 2.11. The molecule has 0 aliphatic carbocycles. The van der Waals surface area contributed by atoms with Gasteiger partial charge >= 0.3 is 0 Å². The number of carbonyl (C=O) groups excluding carboxylic acids is 1. The van der Waals surface area contributed by atoms with Crippen molar-refractivity contribution in [2.75, 3.05) is 6.61 Å². The summed E-state index contributed by atoms with van der Waals surface area (Å²) >= 11 is 0. The molecule has 0 saturated carbocycles. The van der Waals surface area contributed by atoms with E-state index in [0.717, 1.165) is 0 Å². The van der Waals surface area contributed by atoms with Crippen LogP contribution in [0.5, 0.6) is 0 Å². The summed E-state index contributed by atoms with van der Waals surface area (Å²) in [5, 5.41) is 19.3. The molecule has 78 valence electrons. The highest BCUT2D eigenvalue weighted by Gasteiger charge is 2.20. The Hall–Kier alpha value is -1.43. The zero-order valence-electron chi connectivity index (χ0n) is 8.27. The summed E-state index contributed by atoms with van der Waals surface area (Å²) in [7, 11) is 0. The van der Waals surface area contributed by atoms with Crippen molar-refractivity contribution in [1.29, 1.82) is 0 Å². The summed E-state index contributed by atoms with van der Waals surface area (Å²) < 4.78 is 1.58. The quantitative estimate of drug-likeness (QED) is 0.610. The van der Waals surface area contributed by atoms with Crippen LogP contribution in [0.3, 0.4) is 0 Å². The number of aliphatic hydroxyl groups excluding tert-OH is 1. The van der Waals surface area contributed by atoms with E-state index >= 15 is 0 Å². The summed E-state index contributed by atoms with van der Waals surface area (Å²) in [4.78, 5) is 10.0. The third kappa shape index (κ3) is 2.29. The van der Waals surface area contributed by atoms with Gasteiger partial charge in [0.2, 0.25) is 6.41 Å². The van der Waals surface area contributed by atoms with Crippen LogP contribution in [0.15, 0.2) is 6.20 Å². The fourth-order valence-electron chi connectivity index (χ4n) is 0.894. The van der Waals surface area contributed by atoms with Gasteiger partial charge < -0.3 is 10.4 Å². The van der Waals surface area contributed by atoms with Crippen molar-refractivity contribution in [3.63, 3.8) is 0 Å². The number of hydrogen-bond acceptors (Lipinski definition) is 4. The van der Waals surface area contributed by atoms with Gasteiger partial charge in [-0.05, 0) is 13.8 Å². The molecule has 0 fully saturated rings. The Morgan fingerprint density at radius 3 is 3.00 bits per heavy atom. The monoisotopic (exact) mass is 198 g/mol. The molecule has 0 atom stereocenters. The molecule has 0 radical (unpaired) electrons. The molecule has 2 N–H and O–H groups in total. The van der Waals surface area contributed by atoms with Gasteiger partial charge in [-0.1, -0.05) is 5.21 Å². The first-order valence-corrected chi connectivity index (χ1v) is 4.30. The van der Waals surface area contributed by atoms with E-state index in [1.54, 1.807) is 10.9 Å². The fourth-order valence-corrected chi connectivity index (χ4v) is 0.894. The molecule has 0 unspecified atom stereocenters. The predicted octanol–water partition coefficient (Wildman–Crippen LogP) is -0.749. The van der Waals surface area contributed by atoms with Gasteiger partial charge in [0.25, 0.3) is 0 Å². The largest absolute Gasteiger partial charge is 0.394 e. The maximum absolute atomic E-state index is 10.0. The van der Waals surface area contributed by atoms with E-state index in [0.29, 0.717) is 18.6 Å². The number of hydrogen-bond donors (Lipinski definition) is 2. The second kappa shape index (κ2) is 4.19. The minimum Gasteiger partial charge on any atom is -0.394 e. The highest BCUT2D eigenvalue weighted by atomic mass is 16.3. The molecular weight excluding hydrogens is 184 g/mol. The van der Waals surface area contributed by atoms with Gasteiger partial charge in [0.1, 0.15) is 5.69 Å². The van der Waals surface area contributed by atoms with Crippen molar-refractivity contribution >= 4 is 6.41 Å². The lowest BCUT2D eigenvalue weighted by Gasteiger charge is -2.20. The normalized spacial score (nSPS) is 11.4. The lowest BCUT2D eigenvalue weighted by molar-refractivity contribution is -0.109. The molecule has 0 saturated heterocycles. The lowest BCUT2D eigenvalue weighted by Crippen LogP contribution is -2.31. The summed E-state index contributed by atoms with van der Waals surface area (Å²) in [6, 6.07) is 0. The summed E-state index contributed by atoms with van der Waals surface area (Å²) in [6.07, 6.45) is 2.31. The Kier molecular flexibility index (Phi) is 3.19. The number of amides is 1. The van der Waals surface area contributed by atoms with Gasteiger partial charge in [0.05, 0.1) is 24.9 Å². The molecule has 0 aliphatic heterocycles. The van der Waals surface area contributed by atoms with E-state index < -0.39 is 5.54 Å². The number of nitrogens with one attached hydrogen (secondary N) is 1. The smallest absolute Gasteiger partial charge is 0.207 e. The van der Waals surface area contributed by atoms with E-state index in [-0.39, 0.29) is 6.61 Å². The molecule has 1 amide bonds. The SMILES string of the molecule is CC(C)(CO)n1cc(CNC=O)nn1. The standard InChI is InChI=1S/C8H14N4O2/c1-8(2,5-13)12-4-7(10-11-12)3-9-6-14/h4,6,13H,3,5H2,1-2H3,(H,9,14). The predicted molar refractivity (Wildman–Crippen MR) is 49.3 cm³/mol. The van der Waals surface area contributed by atoms with Crippen molar-refractivity contribution in [2.24, 2.45) is 0 Å². The molecule has 0 spiro atoms. The average molecular weight is 198 g/mol. The van der Waals surface area contributed by atoms with E-state index in [1.807, 2.05) is 13.8 Å². The lowest BCUT2D eigenvalue weighted by atomic mass is 10.1. The molecular formula is C8H14N4O2. The van der Waals surface area contributed by atoms with E-state index in [2.05, 4.69) is 15.6 Å². The first kappa shape index (κ1) is 10.6. The second-order valence-electron chi connectivity index (χ2n) is 3.62. The Labute approximate surface area is 81.9 Å². The summed E-state index contributed by atoms with van der Waals surface area (Å²) in [5.74, 6) is 0. The number of rotatable bonds is 5. The van der Waals surface area contributed by atoms with Crippen LogP contribution < -0.4 is 5.32 Å². The number of carbonyl (C=O) groups is 1. The topological polar surface area (TPSA) is 80.0 Å². The molecule has 0 aromatic carbocycles.